The van der Waals surface area contributed by atoms with Crippen molar-refractivity contribution in [3.63, 3.8) is 0 Å². The molecule has 0 aromatic heterocycles. The van der Waals surface area contributed by atoms with Crippen LogP contribution in [0.4, 0.5) is 0 Å². The maximum absolute atomic E-state index is 9.24. The molecular formula is C15H27NO2. The molecule has 104 valence electrons. The van der Waals surface area contributed by atoms with E-state index in [2.05, 4.69) is 4.90 Å². The first-order chi connectivity index (χ1) is 8.83. The van der Waals surface area contributed by atoms with Crippen molar-refractivity contribution in [1.29, 1.82) is 0 Å². The van der Waals surface area contributed by atoms with Gasteiger partial charge >= 0.3 is 0 Å². The summed E-state index contributed by atoms with van der Waals surface area (Å²) in [4.78, 5) is 2.71. The van der Waals surface area contributed by atoms with E-state index in [1.807, 2.05) is 0 Å². The van der Waals surface area contributed by atoms with Crippen LogP contribution < -0.4 is 0 Å². The number of nitrogens with zero attached hydrogens (tertiary/aromatic N) is 1. The maximum atomic E-state index is 9.24. The number of ether oxygens (including phenoxy) is 1. The van der Waals surface area contributed by atoms with Gasteiger partial charge in [-0.15, -0.1) is 0 Å². The summed E-state index contributed by atoms with van der Waals surface area (Å²) in [6.07, 6.45) is 11.3. The zero-order chi connectivity index (χ0) is 12.4. The fourth-order valence-electron chi connectivity index (χ4n) is 4.17. The Morgan fingerprint density at radius 1 is 1.17 bits per heavy atom. The summed E-state index contributed by atoms with van der Waals surface area (Å²) in [7, 11) is 0. The van der Waals surface area contributed by atoms with Gasteiger partial charge in [-0.25, -0.2) is 0 Å². The van der Waals surface area contributed by atoms with Crippen LogP contribution in [0.2, 0.25) is 0 Å². The highest BCUT2D eigenvalue weighted by Crippen LogP contribution is 2.44. The highest BCUT2D eigenvalue weighted by molar-refractivity contribution is 4.98. The van der Waals surface area contributed by atoms with E-state index in [9.17, 15) is 5.11 Å². The Hall–Kier alpha value is -0.120. The summed E-state index contributed by atoms with van der Waals surface area (Å²) in [6.45, 7) is 2.54. The Morgan fingerprint density at radius 3 is 2.78 bits per heavy atom. The van der Waals surface area contributed by atoms with Gasteiger partial charge in [-0.3, -0.25) is 4.90 Å². The number of piperidine rings is 1. The number of aliphatic hydroxyl groups excluding tert-OH is 1. The van der Waals surface area contributed by atoms with E-state index in [0.29, 0.717) is 12.6 Å². The fourth-order valence-corrected chi connectivity index (χ4v) is 4.17. The Bertz CT molecular complexity index is 276. The number of rotatable bonds is 3. The van der Waals surface area contributed by atoms with Gasteiger partial charge in [0.25, 0.3) is 0 Å². The van der Waals surface area contributed by atoms with Crippen molar-refractivity contribution in [2.24, 2.45) is 0 Å². The largest absolute Gasteiger partial charge is 0.396 e. The van der Waals surface area contributed by atoms with Crippen LogP contribution in [0.25, 0.3) is 0 Å². The molecule has 0 aromatic carbocycles. The van der Waals surface area contributed by atoms with Crippen molar-refractivity contribution in [1.82, 2.24) is 4.90 Å². The van der Waals surface area contributed by atoms with Crippen LogP contribution >= 0.6 is 0 Å². The third-order valence-corrected chi connectivity index (χ3v) is 5.34. The zero-order valence-electron chi connectivity index (χ0n) is 11.4. The molecule has 3 heteroatoms. The van der Waals surface area contributed by atoms with Crippen molar-refractivity contribution in [2.75, 3.05) is 19.8 Å². The number of hydrogen-bond donors (Lipinski definition) is 1. The van der Waals surface area contributed by atoms with Gasteiger partial charge in [0.1, 0.15) is 0 Å². The van der Waals surface area contributed by atoms with Crippen LogP contribution in [0.15, 0.2) is 0 Å². The topological polar surface area (TPSA) is 32.7 Å². The Labute approximate surface area is 110 Å². The van der Waals surface area contributed by atoms with Crippen LogP contribution in [0, 0.1) is 0 Å². The minimum Gasteiger partial charge on any atom is -0.396 e. The first-order valence-electron chi connectivity index (χ1n) is 7.84. The second-order valence-corrected chi connectivity index (χ2v) is 6.43. The Kier molecular flexibility index (Phi) is 3.92. The lowest BCUT2D eigenvalue weighted by atomic mass is 9.73. The molecule has 2 aliphatic heterocycles. The van der Waals surface area contributed by atoms with Crippen molar-refractivity contribution >= 4 is 0 Å². The van der Waals surface area contributed by atoms with Crippen LogP contribution in [-0.2, 0) is 4.74 Å². The van der Waals surface area contributed by atoms with Crippen molar-refractivity contribution in [2.45, 2.75) is 75.5 Å². The van der Waals surface area contributed by atoms with Gasteiger partial charge in [0, 0.05) is 25.3 Å². The number of hydrogen-bond acceptors (Lipinski definition) is 3. The minimum absolute atomic E-state index is 0.254. The molecule has 2 heterocycles. The molecule has 3 fully saturated rings. The van der Waals surface area contributed by atoms with E-state index in [1.54, 1.807) is 0 Å². The Balaban J connectivity index is 1.64. The molecule has 3 aliphatic rings. The molecule has 0 radical (unpaired) electrons. The van der Waals surface area contributed by atoms with Crippen LogP contribution in [-0.4, -0.2) is 47.4 Å². The lowest BCUT2D eigenvalue weighted by molar-refractivity contribution is -0.154. The summed E-state index contributed by atoms with van der Waals surface area (Å²) in [5, 5.41) is 9.24. The molecule has 0 aromatic rings. The fraction of sp³-hybridized carbons (Fsp3) is 1.00. The highest BCUT2D eigenvalue weighted by atomic mass is 16.5. The van der Waals surface area contributed by atoms with Crippen LogP contribution in [0.1, 0.15) is 57.8 Å². The third-order valence-electron chi connectivity index (χ3n) is 5.34. The van der Waals surface area contributed by atoms with Gasteiger partial charge in [-0.05, 0) is 57.9 Å². The molecule has 3 rings (SSSR count). The lowest BCUT2D eigenvalue weighted by Gasteiger charge is -2.51. The predicted molar refractivity (Wildman–Crippen MR) is 71.6 cm³/mol. The standard InChI is InChI=1S/C15H27NO2/c17-10-5-13-4-1-2-9-16(13)14-6-11-18-15(12-14)7-3-8-15/h13-14,17H,1-12H2. The maximum Gasteiger partial charge on any atom is 0.0697 e. The summed E-state index contributed by atoms with van der Waals surface area (Å²) in [6, 6.07) is 1.35. The zero-order valence-corrected chi connectivity index (χ0v) is 11.4. The molecule has 18 heavy (non-hydrogen) atoms. The lowest BCUT2D eigenvalue weighted by Crippen LogP contribution is -2.55. The molecule has 2 saturated heterocycles. The number of aliphatic hydroxyl groups is 1. The summed E-state index contributed by atoms with van der Waals surface area (Å²) in [5.74, 6) is 0. The molecule has 0 bridgehead atoms. The second-order valence-electron chi connectivity index (χ2n) is 6.43. The van der Waals surface area contributed by atoms with E-state index >= 15 is 0 Å². The summed E-state index contributed by atoms with van der Waals surface area (Å²) >= 11 is 0. The molecule has 2 unspecified atom stereocenters. The van der Waals surface area contributed by atoms with E-state index in [0.717, 1.165) is 19.1 Å². The quantitative estimate of drug-likeness (QED) is 0.838. The molecule has 3 nitrogen and oxygen atoms in total. The number of likely N-dealkylation sites (tertiary alicyclic amines) is 1. The average Bonchev–Trinajstić information content (AvgIpc) is 2.38. The van der Waals surface area contributed by atoms with Crippen molar-refractivity contribution in [3.8, 4) is 0 Å². The van der Waals surface area contributed by atoms with Gasteiger partial charge in [0.15, 0.2) is 0 Å². The van der Waals surface area contributed by atoms with Gasteiger partial charge in [0.05, 0.1) is 5.60 Å². The van der Waals surface area contributed by atoms with E-state index in [1.165, 1.54) is 57.9 Å². The van der Waals surface area contributed by atoms with E-state index in [4.69, 9.17) is 4.74 Å². The third kappa shape index (κ3) is 2.45. The molecule has 1 spiro atoms. The summed E-state index contributed by atoms with van der Waals surface area (Å²) in [5.41, 5.74) is 0.254. The monoisotopic (exact) mass is 253 g/mol. The van der Waals surface area contributed by atoms with Gasteiger partial charge in [-0.2, -0.15) is 0 Å². The highest BCUT2D eigenvalue weighted by Gasteiger charge is 2.44. The summed E-state index contributed by atoms with van der Waals surface area (Å²) < 4.78 is 6.04. The first-order valence-corrected chi connectivity index (χ1v) is 7.84. The van der Waals surface area contributed by atoms with Gasteiger partial charge in [-0.1, -0.05) is 6.42 Å². The average molecular weight is 253 g/mol. The molecule has 1 aliphatic carbocycles. The molecule has 1 saturated carbocycles. The minimum atomic E-state index is 0.254. The van der Waals surface area contributed by atoms with Crippen LogP contribution in [0.5, 0.6) is 0 Å². The second kappa shape index (κ2) is 5.48. The van der Waals surface area contributed by atoms with E-state index < -0.39 is 0 Å². The first kappa shape index (κ1) is 12.9. The molecular weight excluding hydrogens is 226 g/mol. The predicted octanol–water partition coefficient (Wildman–Crippen LogP) is 2.33. The molecule has 0 amide bonds. The Morgan fingerprint density at radius 2 is 2.06 bits per heavy atom. The van der Waals surface area contributed by atoms with Crippen LogP contribution in [0.3, 0.4) is 0 Å². The van der Waals surface area contributed by atoms with Crippen molar-refractivity contribution < 1.29 is 9.84 Å². The smallest absolute Gasteiger partial charge is 0.0697 e. The molecule has 1 N–H and O–H groups in total. The van der Waals surface area contributed by atoms with Gasteiger partial charge < -0.3 is 9.84 Å². The normalized spacial score (nSPS) is 36.5. The van der Waals surface area contributed by atoms with Gasteiger partial charge in [0.2, 0.25) is 0 Å². The van der Waals surface area contributed by atoms with Crippen molar-refractivity contribution in [3.05, 3.63) is 0 Å². The van der Waals surface area contributed by atoms with E-state index in [-0.39, 0.29) is 5.60 Å². The SMILES string of the molecule is OCCC1CCCCN1C1CCOC2(CCC2)C1. The molecule has 2 atom stereocenters.